The maximum atomic E-state index is 13.3. The molecule has 110 valence electrons. The fraction of sp³-hybridized carbons (Fsp3) is 0.562. The van der Waals surface area contributed by atoms with Crippen LogP contribution in [-0.2, 0) is 21.5 Å². The fourth-order valence-corrected chi connectivity index (χ4v) is 2.74. The van der Waals surface area contributed by atoms with Gasteiger partial charge < -0.3 is 4.74 Å². The van der Waals surface area contributed by atoms with Crippen molar-refractivity contribution in [2.24, 2.45) is 5.92 Å². The van der Waals surface area contributed by atoms with Crippen LogP contribution in [0.4, 0.5) is 4.39 Å². The van der Waals surface area contributed by atoms with E-state index in [-0.39, 0.29) is 11.8 Å². The number of esters is 1. The van der Waals surface area contributed by atoms with E-state index in [0.717, 1.165) is 17.7 Å². The van der Waals surface area contributed by atoms with Crippen molar-refractivity contribution in [3.05, 3.63) is 35.1 Å². The number of aryl methyl sites for hydroxylation is 1. The molecule has 0 aliphatic heterocycles. The first-order valence-corrected chi connectivity index (χ1v) is 7.20. The zero-order valence-corrected chi connectivity index (χ0v) is 12.3. The molecular formula is C16H22FNO2. The quantitative estimate of drug-likeness (QED) is 0.842. The van der Waals surface area contributed by atoms with Crippen LogP contribution in [-0.4, -0.2) is 19.1 Å². The molecule has 3 nitrogen and oxygen atoms in total. The van der Waals surface area contributed by atoms with Crippen LogP contribution in [0.15, 0.2) is 18.2 Å². The van der Waals surface area contributed by atoms with E-state index in [2.05, 4.69) is 19.2 Å². The minimum absolute atomic E-state index is 0.257. The van der Waals surface area contributed by atoms with Crippen LogP contribution < -0.4 is 5.32 Å². The topological polar surface area (TPSA) is 38.3 Å². The Morgan fingerprint density at radius 2 is 2.25 bits per heavy atom. The Balaban J connectivity index is 2.37. The van der Waals surface area contributed by atoms with Crippen LogP contribution in [0, 0.1) is 11.7 Å². The van der Waals surface area contributed by atoms with Gasteiger partial charge in [0.2, 0.25) is 0 Å². The third-order valence-corrected chi connectivity index (χ3v) is 3.73. The molecule has 0 radical (unpaired) electrons. The first kappa shape index (κ1) is 15.0. The summed E-state index contributed by atoms with van der Waals surface area (Å²) in [5.74, 6) is -0.0934. The summed E-state index contributed by atoms with van der Waals surface area (Å²) >= 11 is 0. The standard InChI is InChI=1S/C16H22FNO2/c1-4-20-15(19)16(18-10-11(2)3)8-7-12-9-13(17)5-6-14(12)16/h5-6,9,11,18H,4,7-8,10H2,1-3H3. The average molecular weight is 279 g/mol. The predicted octanol–water partition coefficient (Wildman–Crippen LogP) is 2.78. The summed E-state index contributed by atoms with van der Waals surface area (Å²) in [5, 5.41) is 3.36. The Morgan fingerprint density at radius 3 is 2.90 bits per heavy atom. The highest BCUT2D eigenvalue weighted by atomic mass is 19.1. The third-order valence-electron chi connectivity index (χ3n) is 3.73. The molecule has 1 aromatic carbocycles. The number of fused-ring (bicyclic) bond motifs is 1. The van der Waals surface area contributed by atoms with E-state index < -0.39 is 5.54 Å². The molecule has 0 bridgehead atoms. The van der Waals surface area contributed by atoms with E-state index in [0.29, 0.717) is 25.4 Å². The molecule has 20 heavy (non-hydrogen) atoms. The van der Waals surface area contributed by atoms with Gasteiger partial charge in [-0.05, 0) is 55.5 Å². The first-order chi connectivity index (χ1) is 9.49. The van der Waals surface area contributed by atoms with Crippen LogP contribution in [0.5, 0.6) is 0 Å². The number of halogens is 1. The van der Waals surface area contributed by atoms with Gasteiger partial charge in [0.25, 0.3) is 0 Å². The van der Waals surface area contributed by atoms with Crippen LogP contribution >= 0.6 is 0 Å². The summed E-state index contributed by atoms with van der Waals surface area (Å²) in [6.07, 6.45) is 1.31. The minimum Gasteiger partial charge on any atom is -0.464 e. The van der Waals surface area contributed by atoms with Crippen LogP contribution in [0.1, 0.15) is 38.3 Å². The molecular weight excluding hydrogens is 257 g/mol. The molecule has 1 N–H and O–H groups in total. The Morgan fingerprint density at radius 1 is 1.50 bits per heavy atom. The van der Waals surface area contributed by atoms with Crippen LogP contribution in [0.25, 0.3) is 0 Å². The zero-order chi connectivity index (χ0) is 14.8. The SMILES string of the molecule is CCOC(=O)C1(NCC(C)C)CCc2cc(F)ccc21. The molecule has 0 saturated carbocycles. The number of hydrogen-bond donors (Lipinski definition) is 1. The second-order valence-corrected chi connectivity index (χ2v) is 5.70. The highest BCUT2D eigenvalue weighted by Gasteiger charge is 2.46. The van der Waals surface area contributed by atoms with Crippen LogP contribution in [0.2, 0.25) is 0 Å². The van der Waals surface area contributed by atoms with Gasteiger partial charge in [0.05, 0.1) is 6.61 Å². The third kappa shape index (κ3) is 2.70. The molecule has 1 aliphatic carbocycles. The molecule has 0 aromatic heterocycles. The lowest BCUT2D eigenvalue weighted by Gasteiger charge is -2.30. The summed E-state index contributed by atoms with van der Waals surface area (Å²) < 4.78 is 18.6. The minimum atomic E-state index is -0.816. The van der Waals surface area contributed by atoms with Gasteiger partial charge in [-0.2, -0.15) is 0 Å². The van der Waals surface area contributed by atoms with E-state index in [1.807, 2.05) is 0 Å². The monoisotopic (exact) mass is 279 g/mol. The van der Waals surface area contributed by atoms with Gasteiger partial charge in [0, 0.05) is 0 Å². The number of rotatable bonds is 5. The lowest BCUT2D eigenvalue weighted by atomic mass is 9.91. The van der Waals surface area contributed by atoms with Gasteiger partial charge in [-0.25, -0.2) is 9.18 Å². The molecule has 1 aliphatic rings. The largest absolute Gasteiger partial charge is 0.464 e. The maximum Gasteiger partial charge on any atom is 0.331 e. The van der Waals surface area contributed by atoms with Gasteiger partial charge in [-0.1, -0.05) is 19.9 Å². The molecule has 2 rings (SSSR count). The lowest BCUT2D eigenvalue weighted by Crippen LogP contribution is -2.49. The smallest absolute Gasteiger partial charge is 0.331 e. The Kier molecular flexibility index (Phi) is 4.43. The van der Waals surface area contributed by atoms with Crippen LogP contribution in [0.3, 0.4) is 0 Å². The predicted molar refractivity (Wildman–Crippen MR) is 75.9 cm³/mol. The van der Waals surface area contributed by atoms with Crippen molar-refractivity contribution >= 4 is 5.97 Å². The number of carbonyl (C=O) groups is 1. The summed E-state index contributed by atoms with van der Waals surface area (Å²) in [7, 11) is 0. The van der Waals surface area contributed by atoms with Gasteiger partial charge in [0.15, 0.2) is 0 Å². The van der Waals surface area contributed by atoms with Crippen molar-refractivity contribution in [2.45, 2.75) is 39.2 Å². The van der Waals surface area contributed by atoms with Crippen molar-refractivity contribution in [1.29, 1.82) is 0 Å². The first-order valence-electron chi connectivity index (χ1n) is 7.20. The van der Waals surface area contributed by atoms with Crippen molar-refractivity contribution in [1.82, 2.24) is 5.32 Å². The number of benzene rings is 1. The van der Waals surface area contributed by atoms with E-state index in [1.54, 1.807) is 13.0 Å². The van der Waals surface area contributed by atoms with Crippen molar-refractivity contribution in [3.63, 3.8) is 0 Å². The summed E-state index contributed by atoms with van der Waals surface area (Å²) in [4.78, 5) is 12.4. The molecule has 0 spiro atoms. The summed E-state index contributed by atoms with van der Waals surface area (Å²) in [6, 6.07) is 4.64. The molecule has 0 heterocycles. The number of hydrogen-bond acceptors (Lipinski definition) is 3. The molecule has 4 heteroatoms. The number of ether oxygens (including phenoxy) is 1. The highest BCUT2D eigenvalue weighted by Crippen LogP contribution is 2.38. The van der Waals surface area contributed by atoms with Gasteiger partial charge in [-0.3, -0.25) is 5.32 Å². The fourth-order valence-electron chi connectivity index (χ4n) is 2.74. The zero-order valence-electron chi connectivity index (χ0n) is 12.3. The van der Waals surface area contributed by atoms with Crippen molar-refractivity contribution in [3.8, 4) is 0 Å². The van der Waals surface area contributed by atoms with E-state index in [9.17, 15) is 9.18 Å². The van der Waals surface area contributed by atoms with Crippen molar-refractivity contribution in [2.75, 3.05) is 13.2 Å². The molecule has 1 unspecified atom stereocenters. The number of carbonyl (C=O) groups excluding carboxylic acids is 1. The molecule has 0 fully saturated rings. The van der Waals surface area contributed by atoms with E-state index in [1.165, 1.54) is 12.1 Å². The molecule has 1 atom stereocenters. The van der Waals surface area contributed by atoms with E-state index >= 15 is 0 Å². The maximum absolute atomic E-state index is 13.3. The Hall–Kier alpha value is -1.42. The molecule has 0 amide bonds. The second kappa shape index (κ2) is 5.92. The lowest BCUT2D eigenvalue weighted by molar-refractivity contribution is -0.151. The van der Waals surface area contributed by atoms with Gasteiger partial charge in [-0.15, -0.1) is 0 Å². The van der Waals surface area contributed by atoms with E-state index in [4.69, 9.17) is 4.74 Å². The van der Waals surface area contributed by atoms with Gasteiger partial charge >= 0.3 is 5.97 Å². The highest BCUT2D eigenvalue weighted by molar-refractivity contribution is 5.84. The number of nitrogens with one attached hydrogen (secondary N) is 1. The Bertz CT molecular complexity index is 501. The molecule has 1 aromatic rings. The summed E-state index contributed by atoms with van der Waals surface area (Å²) in [5.41, 5.74) is 0.941. The Labute approximate surface area is 119 Å². The molecule has 0 saturated heterocycles. The second-order valence-electron chi connectivity index (χ2n) is 5.70. The summed E-state index contributed by atoms with van der Waals surface area (Å²) in [6.45, 7) is 7.05. The average Bonchev–Trinajstić information content (AvgIpc) is 2.76. The van der Waals surface area contributed by atoms with Crippen molar-refractivity contribution < 1.29 is 13.9 Å². The van der Waals surface area contributed by atoms with Gasteiger partial charge in [0.1, 0.15) is 11.4 Å². The normalized spacial score (nSPS) is 21.1.